The summed E-state index contributed by atoms with van der Waals surface area (Å²) < 4.78 is 4.89. The first kappa shape index (κ1) is 13.0. The number of hydrogen-bond donors (Lipinski definition) is 1. The van der Waals surface area contributed by atoms with Gasteiger partial charge in [-0.3, -0.25) is 4.79 Å². The Morgan fingerprint density at radius 2 is 2.44 bits per heavy atom. The fraction of sp³-hybridized carbons (Fsp3) is 0.600. The third kappa shape index (κ3) is 2.74. The van der Waals surface area contributed by atoms with Gasteiger partial charge in [0.25, 0.3) is 5.91 Å². The summed E-state index contributed by atoms with van der Waals surface area (Å²) in [5, 5.41) is 7.02. The molecule has 0 aliphatic carbocycles. The van der Waals surface area contributed by atoms with E-state index in [1.807, 2.05) is 0 Å². The van der Waals surface area contributed by atoms with Gasteiger partial charge in [0, 0.05) is 31.7 Å². The second-order valence-electron chi connectivity index (χ2n) is 3.93. The van der Waals surface area contributed by atoms with Gasteiger partial charge in [0.1, 0.15) is 5.76 Å². The number of carbonyl (C=O) groups is 1. The zero-order chi connectivity index (χ0) is 10.8. The van der Waals surface area contributed by atoms with Gasteiger partial charge in [-0.15, -0.1) is 12.4 Å². The van der Waals surface area contributed by atoms with Crippen molar-refractivity contribution in [2.24, 2.45) is 0 Å². The van der Waals surface area contributed by atoms with Crippen molar-refractivity contribution in [3.63, 3.8) is 0 Å². The Kier molecular flexibility index (Phi) is 4.32. The molecule has 2 heterocycles. The van der Waals surface area contributed by atoms with Crippen LogP contribution in [0.15, 0.2) is 10.6 Å². The average molecular weight is 246 g/mol. The molecule has 1 aromatic rings. The summed E-state index contributed by atoms with van der Waals surface area (Å²) in [6.07, 6.45) is 0. The molecule has 1 N–H and O–H groups in total. The van der Waals surface area contributed by atoms with Crippen LogP contribution >= 0.6 is 12.4 Å². The number of nitrogens with zero attached hydrogens (tertiary/aromatic N) is 2. The van der Waals surface area contributed by atoms with Crippen molar-refractivity contribution < 1.29 is 9.32 Å². The lowest BCUT2D eigenvalue weighted by atomic mass is 10.2. The van der Waals surface area contributed by atoms with E-state index < -0.39 is 0 Å². The molecule has 0 saturated carbocycles. The number of aryl methyl sites for hydroxylation is 1. The molecule has 6 heteroatoms. The number of carbonyl (C=O) groups excluding carboxylic acids is 1. The van der Waals surface area contributed by atoms with E-state index in [1.54, 1.807) is 17.9 Å². The minimum atomic E-state index is -0.0415. The Bertz CT molecular complexity index is 367. The summed E-state index contributed by atoms with van der Waals surface area (Å²) in [5.74, 6) is 0.627. The fourth-order valence-electron chi connectivity index (χ4n) is 1.75. The van der Waals surface area contributed by atoms with Crippen LogP contribution in [0.2, 0.25) is 0 Å². The fourth-order valence-corrected chi connectivity index (χ4v) is 1.75. The van der Waals surface area contributed by atoms with Gasteiger partial charge in [-0.25, -0.2) is 0 Å². The van der Waals surface area contributed by atoms with Crippen LogP contribution < -0.4 is 5.32 Å². The predicted molar refractivity (Wildman–Crippen MR) is 61.9 cm³/mol. The molecule has 16 heavy (non-hydrogen) atoms. The first-order valence-electron chi connectivity index (χ1n) is 5.13. The van der Waals surface area contributed by atoms with Gasteiger partial charge < -0.3 is 14.7 Å². The van der Waals surface area contributed by atoms with E-state index in [-0.39, 0.29) is 18.3 Å². The molecule has 5 nitrogen and oxygen atoms in total. The SMILES string of the molecule is Cc1cc(C(=O)N2CCNC(C)C2)no1.Cl. The Morgan fingerprint density at radius 1 is 1.69 bits per heavy atom. The number of nitrogens with one attached hydrogen (secondary N) is 1. The Labute approximate surface area is 101 Å². The molecule has 90 valence electrons. The van der Waals surface area contributed by atoms with Crippen LogP contribution in [0.3, 0.4) is 0 Å². The van der Waals surface area contributed by atoms with Gasteiger partial charge in [-0.1, -0.05) is 5.16 Å². The summed E-state index contributed by atoms with van der Waals surface area (Å²) in [5.41, 5.74) is 0.404. The Hall–Kier alpha value is -1.07. The van der Waals surface area contributed by atoms with E-state index in [9.17, 15) is 4.79 Å². The summed E-state index contributed by atoms with van der Waals surface area (Å²) in [4.78, 5) is 13.7. The first-order chi connectivity index (χ1) is 7.16. The molecule has 1 aliphatic heterocycles. The molecule has 1 aromatic heterocycles. The summed E-state index contributed by atoms with van der Waals surface area (Å²) in [6, 6.07) is 2.02. The molecule has 2 rings (SSSR count). The van der Waals surface area contributed by atoms with Crippen molar-refractivity contribution >= 4 is 18.3 Å². The molecule has 1 fully saturated rings. The number of halogens is 1. The van der Waals surface area contributed by atoms with E-state index in [2.05, 4.69) is 17.4 Å². The monoisotopic (exact) mass is 245 g/mol. The topological polar surface area (TPSA) is 58.4 Å². The number of amides is 1. The number of rotatable bonds is 1. The largest absolute Gasteiger partial charge is 0.361 e. The molecule has 1 atom stereocenters. The van der Waals surface area contributed by atoms with Crippen molar-refractivity contribution in [2.75, 3.05) is 19.6 Å². The van der Waals surface area contributed by atoms with Gasteiger partial charge in [0.2, 0.25) is 0 Å². The van der Waals surface area contributed by atoms with Crippen LogP contribution in [0.1, 0.15) is 23.2 Å². The Balaban J connectivity index is 0.00000128. The van der Waals surface area contributed by atoms with E-state index in [0.717, 1.165) is 19.6 Å². The highest BCUT2D eigenvalue weighted by atomic mass is 35.5. The molecule has 1 unspecified atom stereocenters. The van der Waals surface area contributed by atoms with Crippen molar-refractivity contribution in [2.45, 2.75) is 19.9 Å². The lowest BCUT2D eigenvalue weighted by Crippen LogP contribution is -2.51. The van der Waals surface area contributed by atoms with Crippen molar-refractivity contribution in [1.29, 1.82) is 0 Å². The lowest BCUT2D eigenvalue weighted by Gasteiger charge is -2.31. The highest BCUT2D eigenvalue weighted by molar-refractivity contribution is 5.92. The van der Waals surface area contributed by atoms with Gasteiger partial charge in [-0.05, 0) is 13.8 Å². The maximum atomic E-state index is 11.9. The van der Waals surface area contributed by atoms with Gasteiger partial charge in [0.05, 0.1) is 0 Å². The van der Waals surface area contributed by atoms with Crippen LogP contribution in [-0.2, 0) is 0 Å². The standard InChI is InChI=1S/C10H15N3O2.ClH/c1-7-6-13(4-3-11-7)10(14)9-5-8(2)15-12-9;/h5,7,11H,3-4,6H2,1-2H3;1H. The highest BCUT2D eigenvalue weighted by Crippen LogP contribution is 2.08. The van der Waals surface area contributed by atoms with Gasteiger partial charge in [0.15, 0.2) is 5.69 Å². The molecule has 1 aliphatic rings. The normalized spacial score (nSPS) is 20.4. The number of piperazine rings is 1. The second-order valence-corrected chi connectivity index (χ2v) is 3.93. The molecular weight excluding hydrogens is 230 g/mol. The average Bonchev–Trinajstić information content (AvgIpc) is 2.64. The molecule has 0 radical (unpaired) electrons. The molecule has 0 aromatic carbocycles. The third-order valence-corrected chi connectivity index (χ3v) is 2.50. The highest BCUT2D eigenvalue weighted by Gasteiger charge is 2.23. The minimum absolute atomic E-state index is 0. The van der Waals surface area contributed by atoms with E-state index in [1.165, 1.54) is 0 Å². The second kappa shape index (κ2) is 5.32. The maximum Gasteiger partial charge on any atom is 0.276 e. The van der Waals surface area contributed by atoms with E-state index in [4.69, 9.17) is 4.52 Å². The van der Waals surface area contributed by atoms with Gasteiger partial charge in [-0.2, -0.15) is 0 Å². The Morgan fingerprint density at radius 3 is 3.00 bits per heavy atom. The summed E-state index contributed by atoms with van der Waals surface area (Å²) in [6.45, 7) is 6.14. The lowest BCUT2D eigenvalue weighted by molar-refractivity contribution is 0.0698. The van der Waals surface area contributed by atoms with Gasteiger partial charge >= 0.3 is 0 Å². The molecule has 1 amide bonds. The van der Waals surface area contributed by atoms with E-state index in [0.29, 0.717) is 17.5 Å². The number of hydrogen-bond acceptors (Lipinski definition) is 4. The van der Waals surface area contributed by atoms with Crippen LogP contribution in [0.25, 0.3) is 0 Å². The van der Waals surface area contributed by atoms with Crippen molar-refractivity contribution in [3.8, 4) is 0 Å². The molecular formula is C10H16ClN3O2. The first-order valence-corrected chi connectivity index (χ1v) is 5.13. The van der Waals surface area contributed by atoms with Crippen LogP contribution in [0.5, 0.6) is 0 Å². The van der Waals surface area contributed by atoms with Crippen molar-refractivity contribution in [3.05, 3.63) is 17.5 Å². The maximum absolute atomic E-state index is 11.9. The summed E-state index contributed by atoms with van der Waals surface area (Å²) in [7, 11) is 0. The van der Waals surface area contributed by atoms with Crippen LogP contribution in [0.4, 0.5) is 0 Å². The molecule has 1 saturated heterocycles. The third-order valence-electron chi connectivity index (χ3n) is 2.50. The summed E-state index contributed by atoms with van der Waals surface area (Å²) >= 11 is 0. The quantitative estimate of drug-likeness (QED) is 0.797. The predicted octanol–water partition coefficient (Wildman–Crippen LogP) is 0.839. The zero-order valence-electron chi connectivity index (χ0n) is 9.40. The smallest absolute Gasteiger partial charge is 0.276 e. The molecule has 0 bridgehead atoms. The van der Waals surface area contributed by atoms with Crippen LogP contribution in [-0.4, -0.2) is 41.6 Å². The number of aromatic nitrogens is 1. The molecule has 0 spiro atoms. The van der Waals surface area contributed by atoms with E-state index >= 15 is 0 Å². The van der Waals surface area contributed by atoms with Crippen LogP contribution in [0, 0.1) is 6.92 Å². The zero-order valence-corrected chi connectivity index (χ0v) is 10.2. The van der Waals surface area contributed by atoms with Crippen molar-refractivity contribution in [1.82, 2.24) is 15.4 Å². The minimum Gasteiger partial charge on any atom is -0.361 e.